The Balaban J connectivity index is 2.75. The summed E-state index contributed by atoms with van der Waals surface area (Å²) in [6.45, 7) is 6.90. The van der Waals surface area contributed by atoms with Gasteiger partial charge in [-0.15, -0.1) is 0 Å². The largest absolute Gasteiger partial charge is 0.443 e. The molecule has 6 heteroatoms. The Morgan fingerprint density at radius 1 is 1.42 bits per heavy atom. The molecular formula is C13H16ClFN2O2. The molecule has 0 aliphatic heterocycles. The highest BCUT2D eigenvalue weighted by molar-refractivity contribution is 6.34. The number of hydrogen-bond acceptors (Lipinski definition) is 3. The number of carbonyl (C=O) groups excluding carboxylic acids is 1. The summed E-state index contributed by atoms with van der Waals surface area (Å²) in [5.41, 5.74) is 2.65. The second kappa shape index (κ2) is 6.02. The van der Waals surface area contributed by atoms with E-state index in [0.29, 0.717) is 11.3 Å². The highest BCUT2D eigenvalue weighted by atomic mass is 35.5. The fourth-order valence-electron chi connectivity index (χ4n) is 1.27. The molecule has 1 aromatic rings. The SMILES string of the molecule is C/C(=N/NC(=O)OC(C)(C)C)c1ccc(F)cc1Cl. The lowest BCUT2D eigenvalue weighted by Crippen LogP contribution is -2.30. The number of hydrazone groups is 1. The van der Waals surface area contributed by atoms with Crippen LogP contribution in [0.2, 0.25) is 5.02 Å². The summed E-state index contributed by atoms with van der Waals surface area (Å²) in [6, 6.07) is 3.95. The molecular weight excluding hydrogens is 271 g/mol. The lowest BCUT2D eigenvalue weighted by atomic mass is 10.1. The van der Waals surface area contributed by atoms with Crippen molar-refractivity contribution in [2.75, 3.05) is 0 Å². The number of hydrogen-bond donors (Lipinski definition) is 1. The summed E-state index contributed by atoms with van der Waals surface area (Å²) in [6.07, 6.45) is -0.662. The van der Waals surface area contributed by atoms with Crippen LogP contribution in [-0.4, -0.2) is 17.4 Å². The van der Waals surface area contributed by atoms with Gasteiger partial charge in [-0.3, -0.25) is 0 Å². The van der Waals surface area contributed by atoms with Gasteiger partial charge in [0.2, 0.25) is 0 Å². The smallest absolute Gasteiger partial charge is 0.428 e. The molecule has 0 aromatic heterocycles. The summed E-state index contributed by atoms with van der Waals surface area (Å²) in [7, 11) is 0. The van der Waals surface area contributed by atoms with E-state index in [4.69, 9.17) is 16.3 Å². The molecule has 0 saturated heterocycles. The van der Waals surface area contributed by atoms with Crippen molar-refractivity contribution in [3.05, 3.63) is 34.6 Å². The van der Waals surface area contributed by atoms with Crippen LogP contribution in [0.3, 0.4) is 0 Å². The normalized spacial score (nSPS) is 12.2. The first kappa shape index (κ1) is 15.4. The van der Waals surface area contributed by atoms with Crippen LogP contribution in [0.25, 0.3) is 0 Å². The summed E-state index contributed by atoms with van der Waals surface area (Å²) in [5, 5.41) is 4.08. The molecule has 0 unspecified atom stereocenters. The van der Waals surface area contributed by atoms with Gasteiger partial charge >= 0.3 is 6.09 Å². The Hall–Kier alpha value is -1.62. The zero-order chi connectivity index (χ0) is 14.6. The Labute approximate surface area is 116 Å². The molecule has 1 N–H and O–H groups in total. The van der Waals surface area contributed by atoms with Crippen molar-refractivity contribution in [1.82, 2.24) is 5.43 Å². The van der Waals surface area contributed by atoms with Crippen molar-refractivity contribution in [2.45, 2.75) is 33.3 Å². The van der Waals surface area contributed by atoms with Gasteiger partial charge in [-0.2, -0.15) is 5.10 Å². The van der Waals surface area contributed by atoms with E-state index in [-0.39, 0.29) is 5.02 Å². The number of amides is 1. The molecule has 0 spiro atoms. The van der Waals surface area contributed by atoms with Crippen LogP contribution < -0.4 is 5.43 Å². The van der Waals surface area contributed by atoms with Gasteiger partial charge in [0.05, 0.1) is 10.7 Å². The minimum Gasteiger partial charge on any atom is -0.443 e. The third-order valence-electron chi connectivity index (χ3n) is 2.03. The second-order valence-electron chi connectivity index (χ2n) is 4.94. The fourth-order valence-corrected chi connectivity index (χ4v) is 1.58. The molecule has 0 atom stereocenters. The van der Waals surface area contributed by atoms with Crippen LogP contribution in [-0.2, 0) is 4.74 Å². The average Bonchev–Trinajstić information content (AvgIpc) is 2.23. The van der Waals surface area contributed by atoms with E-state index in [2.05, 4.69) is 10.5 Å². The van der Waals surface area contributed by atoms with Crippen LogP contribution in [0, 0.1) is 5.82 Å². The monoisotopic (exact) mass is 286 g/mol. The molecule has 0 aliphatic carbocycles. The maximum atomic E-state index is 12.9. The van der Waals surface area contributed by atoms with Crippen LogP contribution in [0.5, 0.6) is 0 Å². The van der Waals surface area contributed by atoms with Crippen molar-refractivity contribution < 1.29 is 13.9 Å². The zero-order valence-corrected chi connectivity index (χ0v) is 12.0. The molecule has 1 amide bonds. The van der Waals surface area contributed by atoms with E-state index in [9.17, 15) is 9.18 Å². The van der Waals surface area contributed by atoms with Gasteiger partial charge in [0.15, 0.2) is 0 Å². The van der Waals surface area contributed by atoms with Gasteiger partial charge in [-0.1, -0.05) is 11.6 Å². The first-order chi connectivity index (χ1) is 8.69. The summed E-state index contributed by atoms with van der Waals surface area (Å²) < 4.78 is 17.9. The van der Waals surface area contributed by atoms with Crippen LogP contribution in [0.15, 0.2) is 23.3 Å². The van der Waals surface area contributed by atoms with E-state index >= 15 is 0 Å². The molecule has 104 valence electrons. The predicted octanol–water partition coefficient (Wildman–Crippen LogP) is 3.73. The van der Waals surface area contributed by atoms with Crippen molar-refractivity contribution >= 4 is 23.4 Å². The number of carbonyl (C=O) groups is 1. The number of nitrogens with zero attached hydrogens (tertiary/aromatic N) is 1. The zero-order valence-electron chi connectivity index (χ0n) is 11.3. The fraction of sp³-hybridized carbons (Fsp3) is 0.385. The molecule has 0 saturated carbocycles. The topological polar surface area (TPSA) is 50.7 Å². The Morgan fingerprint density at radius 2 is 2.05 bits per heavy atom. The van der Waals surface area contributed by atoms with Crippen molar-refractivity contribution in [3.8, 4) is 0 Å². The predicted molar refractivity (Wildman–Crippen MR) is 73.0 cm³/mol. The Morgan fingerprint density at radius 3 is 2.58 bits per heavy atom. The molecule has 4 nitrogen and oxygen atoms in total. The van der Waals surface area contributed by atoms with E-state index in [1.54, 1.807) is 27.7 Å². The molecule has 1 rings (SSSR count). The first-order valence-corrected chi connectivity index (χ1v) is 6.05. The van der Waals surface area contributed by atoms with Crippen LogP contribution in [0.1, 0.15) is 33.3 Å². The number of nitrogens with one attached hydrogen (secondary N) is 1. The minimum absolute atomic E-state index is 0.229. The molecule has 0 bridgehead atoms. The van der Waals surface area contributed by atoms with Crippen LogP contribution in [0.4, 0.5) is 9.18 Å². The lowest BCUT2D eigenvalue weighted by Gasteiger charge is -2.18. The van der Waals surface area contributed by atoms with Gasteiger partial charge in [0, 0.05) is 5.56 Å². The number of benzene rings is 1. The molecule has 0 heterocycles. The second-order valence-corrected chi connectivity index (χ2v) is 5.34. The lowest BCUT2D eigenvalue weighted by molar-refractivity contribution is 0.0529. The number of ether oxygens (including phenoxy) is 1. The van der Waals surface area contributed by atoms with E-state index < -0.39 is 17.5 Å². The first-order valence-electron chi connectivity index (χ1n) is 5.68. The molecule has 0 aliphatic rings. The number of rotatable bonds is 2. The molecule has 0 fully saturated rings. The molecule has 19 heavy (non-hydrogen) atoms. The molecule has 1 aromatic carbocycles. The van der Waals surface area contributed by atoms with Crippen LogP contribution >= 0.6 is 11.6 Å². The van der Waals surface area contributed by atoms with E-state index in [1.807, 2.05) is 0 Å². The average molecular weight is 287 g/mol. The van der Waals surface area contributed by atoms with Crippen molar-refractivity contribution in [2.24, 2.45) is 5.10 Å². The van der Waals surface area contributed by atoms with Gasteiger partial charge in [-0.25, -0.2) is 14.6 Å². The van der Waals surface area contributed by atoms with Gasteiger partial charge in [0.25, 0.3) is 0 Å². The van der Waals surface area contributed by atoms with E-state index in [0.717, 1.165) is 0 Å². The third-order valence-corrected chi connectivity index (χ3v) is 2.35. The summed E-state index contributed by atoms with van der Waals surface area (Å²) in [5.74, 6) is -0.429. The van der Waals surface area contributed by atoms with Crippen molar-refractivity contribution in [3.63, 3.8) is 0 Å². The summed E-state index contributed by atoms with van der Waals surface area (Å²) in [4.78, 5) is 11.4. The third kappa shape index (κ3) is 5.26. The minimum atomic E-state index is -0.662. The Kier molecular flexibility index (Phi) is 4.89. The highest BCUT2D eigenvalue weighted by Gasteiger charge is 2.15. The highest BCUT2D eigenvalue weighted by Crippen LogP contribution is 2.17. The molecule has 0 radical (unpaired) electrons. The van der Waals surface area contributed by atoms with Gasteiger partial charge < -0.3 is 4.74 Å². The van der Waals surface area contributed by atoms with Gasteiger partial charge in [0.1, 0.15) is 11.4 Å². The Bertz CT molecular complexity index is 510. The summed E-state index contributed by atoms with van der Waals surface area (Å²) >= 11 is 5.88. The number of halogens is 2. The quantitative estimate of drug-likeness (QED) is 0.665. The standard InChI is InChI=1S/C13H16ClFN2O2/c1-8(10-6-5-9(15)7-11(10)14)16-17-12(18)19-13(2,3)4/h5-7H,1-4H3,(H,17,18)/b16-8-. The van der Waals surface area contributed by atoms with E-state index in [1.165, 1.54) is 18.2 Å². The van der Waals surface area contributed by atoms with Crippen molar-refractivity contribution in [1.29, 1.82) is 0 Å². The maximum absolute atomic E-state index is 12.9. The van der Waals surface area contributed by atoms with Gasteiger partial charge in [-0.05, 0) is 45.9 Å². The maximum Gasteiger partial charge on any atom is 0.428 e.